The summed E-state index contributed by atoms with van der Waals surface area (Å²) in [4.78, 5) is -0.839. The van der Waals surface area contributed by atoms with E-state index in [2.05, 4.69) is 13.8 Å². The van der Waals surface area contributed by atoms with Gasteiger partial charge in [0, 0.05) is 0 Å². The van der Waals surface area contributed by atoms with Crippen LogP contribution in [0.5, 0.6) is 0 Å². The standard InChI is InChI=1S/C34H69ClO2.H3N/c1-3-5-7-9-11-13-15-17-19-21-23-25-27-29-31-34(35,33(36)37)32-30-28-26-24-22-20-18-16-14-12-10-8-6-4-2;/h33,36-37H,3-32H2,1-2H3;1H3. The van der Waals surface area contributed by atoms with E-state index in [1.54, 1.807) is 0 Å². The van der Waals surface area contributed by atoms with E-state index in [1.165, 1.54) is 154 Å². The van der Waals surface area contributed by atoms with Crippen LogP contribution in [0.3, 0.4) is 0 Å². The van der Waals surface area contributed by atoms with Gasteiger partial charge in [0.2, 0.25) is 0 Å². The number of alkyl halides is 1. The second-order valence-electron chi connectivity index (χ2n) is 12.1. The largest absolute Gasteiger partial charge is 0.367 e. The monoisotopic (exact) mass is 562 g/mol. The molecule has 38 heavy (non-hydrogen) atoms. The summed E-state index contributed by atoms with van der Waals surface area (Å²) in [6, 6.07) is 0. The van der Waals surface area contributed by atoms with Gasteiger partial charge in [-0.3, -0.25) is 0 Å². The topological polar surface area (TPSA) is 75.5 Å². The van der Waals surface area contributed by atoms with Gasteiger partial charge in [0.1, 0.15) is 0 Å². The van der Waals surface area contributed by atoms with Crippen LogP contribution in [-0.2, 0) is 0 Å². The van der Waals surface area contributed by atoms with Crippen LogP contribution in [-0.4, -0.2) is 21.4 Å². The molecule has 5 N–H and O–H groups in total. The number of unbranched alkanes of at least 4 members (excludes halogenated alkanes) is 26. The minimum Gasteiger partial charge on any atom is -0.367 e. The Morgan fingerprint density at radius 3 is 0.763 bits per heavy atom. The van der Waals surface area contributed by atoms with Crippen LogP contribution in [0, 0.1) is 0 Å². The summed E-state index contributed by atoms with van der Waals surface area (Å²) >= 11 is 6.68. The summed E-state index contributed by atoms with van der Waals surface area (Å²) in [6.07, 6.45) is 37.5. The molecule has 0 atom stereocenters. The van der Waals surface area contributed by atoms with Crippen LogP contribution < -0.4 is 6.15 Å². The van der Waals surface area contributed by atoms with Crippen LogP contribution in [0.15, 0.2) is 0 Å². The maximum atomic E-state index is 9.90. The summed E-state index contributed by atoms with van der Waals surface area (Å²) in [7, 11) is 0. The van der Waals surface area contributed by atoms with Gasteiger partial charge in [0.25, 0.3) is 0 Å². The van der Waals surface area contributed by atoms with Gasteiger partial charge in [0.05, 0.1) is 4.87 Å². The number of hydrogen-bond donors (Lipinski definition) is 3. The van der Waals surface area contributed by atoms with Gasteiger partial charge in [-0.05, 0) is 12.8 Å². The van der Waals surface area contributed by atoms with Crippen molar-refractivity contribution >= 4 is 11.6 Å². The highest BCUT2D eigenvalue weighted by Crippen LogP contribution is 2.32. The van der Waals surface area contributed by atoms with Crippen LogP contribution in [0.4, 0.5) is 0 Å². The SMILES string of the molecule is CCCCCCCCCCCCCCCCC(Cl)(CCCCCCCCCCCCCCCC)C(O)O.N. The second-order valence-corrected chi connectivity index (χ2v) is 12.9. The number of aliphatic hydroxyl groups is 2. The lowest BCUT2D eigenvalue weighted by atomic mass is 9.92. The summed E-state index contributed by atoms with van der Waals surface area (Å²) in [5, 5.41) is 19.8. The van der Waals surface area contributed by atoms with E-state index in [0.717, 1.165) is 38.5 Å². The molecule has 232 valence electrons. The highest BCUT2D eigenvalue weighted by Gasteiger charge is 2.33. The van der Waals surface area contributed by atoms with Gasteiger partial charge in [-0.2, -0.15) is 0 Å². The number of rotatable bonds is 31. The lowest BCUT2D eigenvalue weighted by molar-refractivity contribution is -0.0770. The Morgan fingerprint density at radius 1 is 0.395 bits per heavy atom. The summed E-state index contributed by atoms with van der Waals surface area (Å²) in [6.45, 7) is 4.56. The lowest BCUT2D eigenvalue weighted by Crippen LogP contribution is -2.36. The average molecular weight is 562 g/mol. The Labute approximate surface area is 245 Å². The van der Waals surface area contributed by atoms with E-state index in [0.29, 0.717) is 0 Å². The molecule has 0 aliphatic rings. The number of aliphatic hydroxyl groups excluding tert-OH is 1. The van der Waals surface area contributed by atoms with E-state index in [-0.39, 0.29) is 6.15 Å². The minimum atomic E-state index is -1.40. The lowest BCUT2D eigenvalue weighted by Gasteiger charge is -2.29. The Balaban J connectivity index is 0. The zero-order chi connectivity index (χ0) is 27.3. The molecule has 0 amide bonds. The summed E-state index contributed by atoms with van der Waals surface area (Å²) in [5.41, 5.74) is 0. The van der Waals surface area contributed by atoms with E-state index in [9.17, 15) is 10.2 Å². The molecule has 4 heteroatoms. The molecular formula is C34H72ClNO2. The molecule has 0 aromatic rings. The number of halogens is 1. The molecule has 0 rings (SSSR count). The molecule has 0 heterocycles. The minimum absolute atomic E-state index is 0. The van der Waals surface area contributed by atoms with Crippen LogP contribution in [0.1, 0.15) is 206 Å². The van der Waals surface area contributed by atoms with Crippen LogP contribution in [0.25, 0.3) is 0 Å². The third kappa shape index (κ3) is 27.7. The fraction of sp³-hybridized carbons (Fsp3) is 1.00. The van der Waals surface area contributed by atoms with Crippen molar-refractivity contribution in [1.29, 1.82) is 0 Å². The first kappa shape index (κ1) is 40.3. The van der Waals surface area contributed by atoms with E-state index in [4.69, 9.17) is 11.6 Å². The van der Waals surface area contributed by atoms with E-state index >= 15 is 0 Å². The van der Waals surface area contributed by atoms with Crippen molar-refractivity contribution in [1.82, 2.24) is 6.15 Å². The third-order valence-corrected chi connectivity index (χ3v) is 8.93. The van der Waals surface area contributed by atoms with Crippen molar-refractivity contribution in [2.45, 2.75) is 218 Å². The molecule has 0 saturated carbocycles. The molecule has 0 aromatic carbocycles. The van der Waals surface area contributed by atoms with Crippen molar-refractivity contribution in [2.75, 3.05) is 0 Å². The molecule has 0 aliphatic heterocycles. The molecule has 0 radical (unpaired) electrons. The van der Waals surface area contributed by atoms with E-state index in [1.807, 2.05) is 0 Å². The van der Waals surface area contributed by atoms with Crippen molar-refractivity contribution in [3.05, 3.63) is 0 Å². The molecule has 3 nitrogen and oxygen atoms in total. The number of hydrogen-bond acceptors (Lipinski definition) is 3. The van der Waals surface area contributed by atoms with Crippen LogP contribution in [0.2, 0.25) is 0 Å². The first-order valence-electron chi connectivity index (χ1n) is 17.1. The third-order valence-electron chi connectivity index (χ3n) is 8.35. The quantitative estimate of drug-likeness (QED) is 0.0447. The van der Waals surface area contributed by atoms with Crippen molar-refractivity contribution in [3.63, 3.8) is 0 Å². The fourth-order valence-corrected chi connectivity index (χ4v) is 5.88. The molecule has 0 aliphatic carbocycles. The van der Waals surface area contributed by atoms with Gasteiger partial charge in [-0.25, -0.2) is 0 Å². The highest BCUT2D eigenvalue weighted by molar-refractivity contribution is 6.24. The predicted octanol–water partition coefficient (Wildman–Crippen LogP) is 12.2. The molecule has 0 aromatic heterocycles. The normalized spacial score (nSPS) is 11.8. The van der Waals surface area contributed by atoms with Gasteiger partial charge in [-0.15, -0.1) is 11.6 Å². The Morgan fingerprint density at radius 2 is 0.579 bits per heavy atom. The Bertz CT molecular complexity index is 401. The van der Waals surface area contributed by atoms with E-state index < -0.39 is 11.2 Å². The first-order valence-corrected chi connectivity index (χ1v) is 17.5. The highest BCUT2D eigenvalue weighted by atomic mass is 35.5. The van der Waals surface area contributed by atoms with Crippen LogP contribution >= 0.6 is 11.6 Å². The average Bonchev–Trinajstić information content (AvgIpc) is 2.89. The first-order chi connectivity index (χ1) is 18.1. The maximum absolute atomic E-state index is 9.90. The Hall–Kier alpha value is 0.170. The Kier molecular flexibility index (Phi) is 33.6. The molecule has 0 bridgehead atoms. The summed E-state index contributed by atoms with van der Waals surface area (Å²) < 4.78 is 0. The van der Waals surface area contributed by atoms with Gasteiger partial charge >= 0.3 is 0 Å². The second kappa shape index (κ2) is 31.7. The molecule has 0 fully saturated rings. The van der Waals surface area contributed by atoms with Gasteiger partial charge in [-0.1, -0.05) is 194 Å². The molecule has 0 spiro atoms. The zero-order valence-corrected chi connectivity index (χ0v) is 27.0. The molecular weight excluding hydrogens is 490 g/mol. The molecule has 0 saturated heterocycles. The maximum Gasteiger partial charge on any atom is 0.170 e. The van der Waals surface area contributed by atoms with Crippen molar-refractivity contribution < 1.29 is 10.2 Å². The molecule has 0 unspecified atom stereocenters. The predicted molar refractivity (Wildman–Crippen MR) is 172 cm³/mol. The summed E-state index contributed by atoms with van der Waals surface area (Å²) in [5.74, 6) is 0. The zero-order valence-electron chi connectivity index (χ0n) is 26.3. The van der Waals surface area contributed by atoms with Gasteiger partial charge < -0.3 is 16.4 Å². The van der Waals surface area contributed by atoms with Crippen molar-refractivity contribution in [3.8, 4) is 0 Å². The smallest absolute Gasteiger partial charge is 0.170 e. The van der Waals surface area contributed by atoms with Gasteiger partial charge in [0.15, 0.2) is 6.29 Å². The van der Waals surface area contributed by atoms with Crippen molar-refractivity contribution in [2.24, 2.45) is 0 Å². The fourth-order valence-electron chi connectivity index (χ4n) is 5.61.